The molecule has 2 saturated heterocycles. The molecule has 0 bridgehead atoms. The number of nitrogens with one attached hydrogen (secondary N) is 1. The summed E-state index contributed by atoms with van der Waals surface area (Å²) in [5.41, 5.74) is 1.21. The average Bonchev–Trinajstić information content (AvgIpc) is 2.84. The van der Waals surface area contributed by atoms with Gasteiger partial charge >= 0.3 is 0 Å². The Morgan fingerprint density at radius 2 is 2.35 bits per heavy atom. The van der Waals surface area contributed by atoms with Crippen LogP contribution in [0, 0.1) is 5.92 Å². The molecule has 1 aromatic carbocycles. The van der Waals surface area contributed by atoms with E-state index < -0.39 is 0 Å². The van der Waals surface area contributed by atoms with E-state index in [1.54, 1.807) is 7.11 Å². The summed E-state index contributed by atoms with van der Waals surface area (Å²) < 4.78 is 6.39. The number of hydrogen-bond donors (Lipinski definition) is 1. The number of ether oxygens (including phenoxy) is 1. The van der Waals surface area contributed by atoms with Crippen molar-refractivity contribution < 1.29 is 9.53 Å². The zero-order valence-corrected chi connectivity index (χ0v) is 13.1. The molecule has 2 aliphatic heterocycles. The first-order valence-electron chi connectivity index (χ1n) is 7.03. The summed E-state index contributed by atoms with van der Waals surface area (Å²) >= 11 is 3.61. The largest absolute Gasteiger partial charge is 0.497 e. The van der Waals surface area contributed by atoms with Crippen molar-refractivity contribution in [2.24, 2.45) is 5.92 Å². The normalized spacial score (nSPS) is 26.2. The predicted octanol–water partition coefficient (Wildman–Crippen LogP) is 2.17. The summed E-state index contributed by atoms with van der Waals surface area (Å²) in [6.45, 7) is 2.69. The molecular weight excluding hydrogens is 320 g/mol. The number of piperidine rings is 1. The van der Waals surface area contributed by atoms with Gasteiger partial charge in [-0.1, -0.05) is 15.9 Å². The molecule has 0 radical (unpaired) electrons. The van der Waals surface area contributed by atoms with Crippen LogP contribution in [0.25, 0.3) is 0 Å². The predicted molar refractivity (Wildman–Crippen MR) is 80.6 cm³/mol. The number of rotatable bonds is 3. The van der Waals surface area contributed by atoms with Crippen LogP contribution in [0.2, 0.25) is 0 Å². The minimum Gasteiger partial charge on any atom is -0.497 e. The molecule has 0 aromatic heterocycles. The maximum Gasteiger partial charge on any atom is 0.224 e. The highest BCUT2D eigenvalue weighted by Crippen LogP contribution is 2.31. The van der Waals surface area contributed by atoms with Crippen LogP contribution in [0.5, 0.6) is 5.75 Å². The monoisotopic (exact) mass is 338 g/mol. The van der Waals surface area contributed by atoms with Gasteiger partial charge in [0.15, 0.2) is 0 Å². The lowest BCUT2D eigenvalue weighted by molar-refractivity contribution is -0.124. The molecule has 4 nitrogen and oxygen atoms in total. The minimum absolute atomic E-state index is 0.174. The van der Waals surface area contributed by atoms with Gasteiger partial charge in [-0.2, -0.15) is 0 Å². The van der Waals surface area contributed by atoms with Crippen molar-refractivity contribution in [2.75, 3.05) is 20.2 Å². The molecule has 20 heavy (non-hydrogen) atoms. The van der Waals surface area contributed by atoms with Gasteiger partial charge in [-0.05, 0) is 43.1 Å². The molecule has 108 valence electrons. The van der Waals surface area contributed by atoms with Gasteiger partial charge in [-0.15, -0.1) is 0 Å². The third kappa shape index (κ3) is 2.56. The molecule has 1 N–H and O–H groups in total. The fraction of sp³-hybridized carbons (Fsp3) is 0.533. The van der Waals surface area contributed by atoms with E-state index >= 15 is 0 Å². The van der Waals surface area contributed by atoms with Crippen molar-refractivity contribution in [2.45, 2.75) is 25.4 Å². The molecule has 2 atom stereocenters. The van der Waals surface area contributed by atoms with E-state index in [1.165, 1.54) is 5.56 Å². The fourth-order valence-corrected chi connectivity index (χ4v) is 3.63. The number of hydrogen-bond acceptors (Lipinski definition) is 3. The Labute approximate surface area is 127 Å². The molecule has 3 rings (SSSR count). The quantitative estimate of drug-likeness (QED) is 0.918. The van der Waals surface area contributed by atoms with E-state index in [4.69, 9.17) is 4.74 Å². The van der Waals surface area contributed by atoms with Crippen LogP contribution >= 0.6 is 15.9 Å². The lowest BCUT2D eigenvalue weighted by atomic mass is 9.91. The van der Waals surface area contributed by atoms with E-state index in [-0.39, 0.29) is 11.8 Å². The fourth-order valence-electron chi connectivity index (χ4n) is 3.25. The molecular formula is C15H19BrN2O2. The average molecular weight is 339 g/mol. The van der Waals surface area contributed by atoms with Crippen LogP contribution in [0.3, 0.4) is 0 Å². The summed E-state index contributed by atoms with van der Waals surface area (Å²) in [7, 11) is 1.68. The molecule has 2 heterocycles. The smallest absolute Gasteiger partial charge is 0.224 e. The van der Waals surface area contributed by atoms with Crippen LogP contribution < -0.4 is 10.1 Å². The number of likely N-dealkylation sites (tertiary alicyclic amines) is 1. The zero-order chi connectivity index (χ0) is 14.1. The van der Waals surface area contributed by atoms with E-state index in [0.717, 1.165) is 42.7 Å². The van der Waals surface area contributed by atoms with Crippen molar-refractivity contribution in [3.8, 4) is 5.75 Å². The Balaban J connectivity index is 1.78. The number of carbonyl (C=O) groups excluding carboxylic acids is 1. The van der Waals surface area contributed by atoms with Gasteiger partial charge in [0, 0.05) is 23.6 Å². The number of nitrogens with zero attached hydrogens (tertiary/aromatic N) is 1. The summed E-state index contributed by atoms with van der Waals surface area (Å²) in [6.07, 6.45) is 2.11. The van der Waals surface area contributed by atoms with Gasteiger partial charge in [0.1, 0.15) is 5.75 Å². The van der Waals surface area contributed by atoms with Gasteiger partial charge in [0.2, 0.25) is 5.91 Å². The summed E-state index contributed by atoms with van der Waals surface area (Å²) in [5, 5.41) is 3.00. The van der Waals surface area contributed by atoms with E-state index in [9.17, 15) is 4.79 Å². The van der Waals surface area contributed by atoms with Crippen molar-refractivity contribution >= 4 is 21.8 Å². The lowest BCUT2D eigenvalue weighted by Crippen LogP contribution is -2.44. The van der Waals surface area contributed by atoms with E-state index in [0.29, 0.717) is 6.04 Å². The van der Waals surface area contributed by atoms with Crippen molar-refractivity contribution in [3.05, 3.63) is 28.2 Å². The van der Waals surface area contributed by atoms with Gasteiger partial charge in [-0.3, -0.25) is 9.69 Å². The highest BCUT2D eigenvalue weighted by molar-refractivity contribution is 9.10. The molecule has 5 heteroatoms. The molecule has 2 aliphatic rings. The Morgan fingerprint density at radius 1 is 1.50 bits per heavy atom. The standard InChI is InChI=1S/C15H19BrN2O2/c1-20-11-4-5-13(16)10(7-11)9-18-6-2-3-12-14(18)8-17-15(12)19/h4-5,7,12,14H,2-3,6,8-9H2,1H3,(H,17,19). The van der Waals surface area contributed by atoms with Crippen LogP contribution in [0.15, 0.2) is 22.7 Å². The molecule has 2 unspecified atom stereocenters. The lowest BCUT2D eigenvalue weighted by Gasteiger charge is -2.36. The van der Waals surface area contributed by atoms with Crippen LogP contribution in [0.1, 0.15) is 18.4 Å². The second-order valence-corrected chi connectivity index (χ2v) is 6.34. The number of methoxy groups -OCH3 is 1. The summed E-state index contributed by atoms with van der Waals surface area (Å²) in [6, 6.07) is 6.38. The summed E-state index contributed by atoms with van der Waals surface area (Å²) in [4.78, 5) is 14.2. The van der Waals surface area contributed by atoms with Gasteiger partial charge in [-0.25, -0.2) is 0 Å². The van der Waals surface area contributed by atoms with Gasteiger partial charge < -0.3 is 10.1 Å². The first-order valence-corrected chi connectivity index (χ1v) is 7.82. The number of fused-ring (bicyclic) bond motifs is 1. The molecule has 0 spiro atoms. The summed E-state index contributed by atoms with van der Waals surface area (Å²) in [5.74, 6) is 1.27. The Hall–Kier alpha value is -1.07. The second kappa shape index (κ2) is 5.74. The SMILES string of the molecule is COc1ccc(Br)c(CN2CCCC3C(=O)NCC32)c1. The molecule has 2 fully saturated rings. The van der Waals surface area contributed by atoms with Gasteiger partial charge in [0.05, 0.1) is 13.0 Å². The van der Waals surface area contributed by atoms with E-state index in [1.807, 2.05) is 12.1 Å². The van der Waals surface area contributed by atoms with Crippen molar-refractivity contribution in [1.82, 2.24) is 10.2 Å². The minimum atomic E-state index is 0.174. The topological polar surface area (TPSA) is 41.6 Å². The third-order valence-corrected chi connectivity index (χ3v) is 5.12. The van der Waals surface area contributed by atoms with Crippen LogP contribution in [-0.4, -0.2) is 37.0 Å². The highest BCUT2D eigenvalue weighted by Gasteiger charge is 2.40. The Morgan fingerprint density at radius 3 is 3.15 bits per heavy atom. The molecule has 0 aliphatic carbocycles. The molecule has 0 saturated carbocycles. The Kier molecular flexibility index (Phi) is 3.98. The van der Waals surface area contributed by atoms with Crippen LogP contribution in [-0.2, 0) is 11.3 Å². The number of amides is 1. The zero-order valence-electron chi connectivity index (χ0n) is 11.6. The van der Waals surface area contributed by atoms with E-state index in [2.05, 4.69) is 32.2 Å². The first-order chi connectivity index (χ1) is 9.69. The second-order valence-electron chi connectivity index (χ2n) is 5.49. The molecule has 1 amide bonds. The maximum atomic E-state index is 11.8. The number of halogens is 1. The maximum absolute atomic E-state index is 11.8. The first kappa shape index (κ1) is 13.9. The highest BCUT2D eigenvalue weighted by atomic mass is 79.9. The number of carbonyl (C=O) groups is 1. The van der Waals surface area contributed by atoms with Crippen molar-refractivity contribution in [1.29, 1.82) is 0 Å². The van der Waals surface area contributed by atoms with Gasteiger partial charge in [0.25, 0.3) is 0 Å². The van der Waals surface area contributed by atoms with Crippen molar-refractivity contribution in [3.63, 3.8) is 0 Å². The molecule has 1 aromatic rings. The Bertz CT molecular complexity index is 521. The van der Waals surface area contributed by atoms with Crippen LogP contribution in [0.4, 0.5) is 0 Å². The third-order valence-electron chi connectivity index (χ3n) is 4.34. The number of benzene rings is 1.